The van der Waals surface area contributed by atoms with Crippen molar-refractivity contribution in [2.45, 2.75) is 13.8 Å². The molecule has 0 unspecified atom stereocenters. The molecule has 0 saturated carbocycles. The fourth-order valence-corrected chi connectivity index (χ4v) is 4.58. The van der Waals surface area contributed by atoms with Crippen molar-refractivity contribution < 1.29 is 17.9 Å². The largest absolute Gasteiger partial charge is 0.493 e. The molecule has 3 aromatic carbocycles. The summed E-state index contributed by atoms with van der Waals surface area (Å²) in [5.74, 6) is 1.40. The summed E-state index contributed by atoms with van der Waals surface area (Å²) < 4.78 is 24.1. The van der Waals surface area contributed by atoms with Gasteiger partial charge < -0.3 is 17.9 Å². The van der Waals surface area contributed by atoms with E-state index in [1.807, 2.05) is 56.3 Å². The number of rotatable bonds is 3. The molecule has 0 radical (unpaired) electrons. The molecule has 0 bridgehead atoms. The molecule has 5 heteroatoms. The Balaban J connectivity index is 2.27. The van der Waals surface area contributed by atoms with E-state index in [-0.39, 0.29) is 0 Å². The Morgan fingerprint density at radius 1 is 0.704 bits per heavy atom. The summed E-state index contributed by atoms with van der Waals surface area (Å²) in [6.45, 7) is 4.09. The van der Waals surface area contributed by atoms with Gasteiger partial charge in [-0.25, -0.2) is 0 Å². The number of ether oxygens (including phenoxy) is 2. The summed E-state index contributed by atoms with van der Waals surface area (Å²) >= 11 is 0. The summed E-state index contributed by atoms with van der Waals surface area (Å²) in [6.07, 6.45) is 0. The van der Waals surface area contributed by atoms with Gasteiger partial charge >= 0.3 is 0 Å². The third kappa shape index (κ3) is 3.17. The van der Waals surface area contributed by atoms with E-state index >= 15 is 0 Å². The van der Waals surface area contributed by atoms with Crippen LogP contribution in [-0.4, -0.2) is 14.2 Å². The topological polar surface area (TPSA) is 44.7 Å². The van der Waals surface area contributed by atoms with E-state index in [1.165, 1.54) is 0 Å². The highest BCUT2D eigenvalue weighted by Crippen LogP contribution is 2.46. The first-order valence-corrected chi connectivity index (χ1v) is 9.87. The monoisotopic (exact) mass is 380 g/mol. The lowest BCUT2D eigenvalue weighted by molar-refractivity contribution is 0.411. The van der Waals surface area contributed by atoms with Crippen LogP contribution >= 0.6 is 8.01 Å². The van der Waals surface area contributed by atoms with Gasteiger partial charge in [0.25, 0.3) is 8.01 Å². The molecule has 4 nitrogen and oxygen atoms in total. The SMILES string of the molecule is COc1cc(C)cc2c1op(-c1ccccc1)oc1c(OC)cc(C)cc12. The number of aryl methyl sites for hydroxylation is 2. The lowest BCUT2D eigenvalue weighted by Crippen LogP contribution is -1.88. The van der Waals surface area contributed by atoms with Crippen LogP contribution in [0.15, 0.2) is 63.0 Å². The predicted octanol–water partition coefficient (Wildman–Crippen LogP) is 6.91. The molecule has 0 atom stereocenters. The molecule has 1 heterocycles. The Labute approximate surface area is 158 Å². The number of methoxy groups -OCH3 is 2. The maximum Gasteiger partial charge on any atom is 0.253 e. The fraction of sp³-hybridized carbons (Fsp3) is 0.182. The third-order valence-corrected chi connectivity index (χ3v) is 5.86. The molecule has 27 heavy (non-hydrogen) atoms. The normalized spacial score (nSPS) is 11.0. The van der Waals surface area contributed by atoms with Crippen molar-refractivity contribution >= 4 is 30.0 Å². The quantitative estimate of drug-likeness (QED) is 0.387. The van der Waals surface area contributed by atoms with Crippen LogP contribution in [0, 0.1) is 13.8 Å². The number of hydrogen-bond donors (Lipinski definition) is 0. The van der Waals surface area contributed by atoms with Crippen LogP contribution in [-0.2, 0) is 0 Å². The van der Waals surface area contributed by atoms with E-state index in [2.05, 4.69) is 12.1 Å². The van der Waals surface area contributed by atoms with Crippen molar-refractivity contribution in [3.8, 4) is 16.8 Å². The first-order valence-electron chi connectivity index (χ1n) is 8.69. The highest BCUT2D eigenvalue weighted by molar-refractivity contribution is 7.45. The lowest BCUT2D eigenvalue weighted by Gasteiger charge is -2.06. The third-order valence-electron chi connectivity index (χ3n) is 4.44. The zero-order chi connectivity index (χ0) is 19.0. The molecular weight excluding hydrogens is 359 g/mol. The Kier molecular flexibility index (Phi) is 4.59. The van der Waals surface area contributed by atoms with Crippen LogP contribution in [0.5, 0.6) is 11.5 Å². The maximum atomic E-state index is 6.40. The van der Waals surface area contributed by atoms with Crippen LogP contribution in [0.2, 0.25) is 0 Å². The Bertz CT molecular complexity index is 1090. The molecule has 0 aliphatic rings. The molecule has 0 saturated heterocycles. The molecular formula is C22H21O4P. The van der Waals surface area contributed by atoms with Crippen molar-refractivity contribution in [2.75, 3.05) is 14.2 Å². The summed E-state index contributed by atoms with van der Waals surface area (Å²) in [4.78, 5) is 0. The standard InChI is InChI=1S/C22H21O4P/c1-14-10-17-18-11-15(2)13-20(24-4)22(18)26-27(16-8-6-5-7-9-16)25-21(17)19(12-14)23-3/h5-13H,1-4H3. The van der Waals surface area contributed by atoms with Gasteiger partial charge in [-0.3, -0.25) is 0 Å². The Morgan fingerprint density at radius 2 is 1.19 bits per heavy atom. The summed E-state index contributed by atoms with van der Waals surface area (Å²) in [5.41, 5.74) is 3.58. The van der Waals surface area contributed by atoms with Crippen LogP contribution in [0.25, 0.3) is 27.2 Å². The average molecular weight is 380 g/mol. The van der Waals surface area contributed by atoms with Gasteiger partial charge in [-0.15, -0.1) is 0 Å². The molecule has 4 rings (SSSR count). The smallest absolute Gasteiger partial charge is 0.253 e. The molecule has 0 amide bonds. The molecule has 4 aromatic rings. The van der Waals surface area contributed by atoms with Gasteiger partial charge in [0.1, 0.15) is 0 Å². The number of hydrogen-bond acceptors (Lipinski definition) is 4. The second-order valence-electron chi connectivity index (χ2n) is 6.46. The van der Waals surface area contributed by atoms with Gasteiger partial charge in [0.05, 0.1) is 19.5 Å². The van der Waals surface area contributed by atoms with Gasteiger partial charge in [-0.1, -0.05) is 18.2 Å². The Hall–Kier alpha value is -2.84. The average Bonchev–Trinajstić information content (AvgIpc) is 2.85. The van der Waals surface area contributed by atoms with E-state index < -0.39 is 8.01 Å². The molecule has 0 spiro atoms. The maximum absolute atomic E-state index is 6.40. The minimum Gasteiger partial charge on any atom is -0.493 e. The first-order chi connectivity index (χ1) is 13.1. The first kappa shape index (κ1) is 17.6. The summed E-state index contributed by atoms with van der Waals surface area (Å²) in [5, 5.41) is 2.88. The fourth-order valence-electron chi connectivity index (χ4n) is 3.21. The van der Waals surface area contributed by atoms with Gasteiger partial charge in [0, 0.05) is 10.8 Å². The van der Waals surface area contributed by atoms with Crippen molar-refractivity contribution in [2.24, 2.45) is 0 Å². The molecule has 0 fully saturated rings. The van der Waals surface area contributed by atoms with Gasteiger partial charge in [0.2, 0.25) is 0 Å². The highest BCUT2D eigenvalue weighted by atomic mass is 31.1. The number of benzene rings is 3. The van der Waals surface area contributed by atoms with Crippen molar-refractivity contribution in [3.63, 3.8) is 0 Å². The Morgan fingerprint density at radius 3 is 1.63 bits per heavy atom. The van der Waals surface area contributed by atoms with Gasteiger partial charge in [-0.2, -0.15) is 0 Å². The van der Waals surface area contributed by atoms with Gasteiger partial charge in [-0.05, 0) is 61.4 Å². The van der Waals surface area contributed by atoms with E-state index in [0.717, 1.165) is 27.2 Å². The molecule has 0 N–H and O–H groups in total. The second-order valence-corrected chi connectivity index (χ2v) is 7.86. The van der Waals surface area contributed by atoms with Crippen LogP contribution < -0.4 is 9.47 Å². The van der Waals surface area contributed by atoms with Crippen LogP contribution in [0.4, 0.5) is 0 Å². The van der Waals surface area contributed by atoms with Crippen molar-refractivity contribution in [3.05, 3.63) is 65.7 Å². The highest BCUT2D eigenvalue weighted by Gasteiger charge is 2.16. The van der Waals surface area contributed by atoms with E-state index in [1.54, 1.807) is 14.2 Å². The van der Waals surface area contributed by atoms with E-state index in [9.17, 15) is 0 Å². The zero-order valence-electron chi connectivity index (χ0n) is 15.8. The predicted molar refractivity (Wildman–Crippen MR) is 110 cm³/mol. The summed E-state index contributed by atoms with van der Waals surface area (Å²) in [7, 11) is 1.93. The van der Waals surface area contributed by atoms with Crippen LogP contribution in [0.3, 0.4) is 0 Å². The minimum atomic E-state index is -1.39. The van der Waals surface area contributed by atoms with E-state index in [0.29, 0.717) is 22.7 Å². The zero-order valence-corrected chi connectivity index (χ0v) is 16.7. The van der Waals surface area contributed by atoms with Crippen LogP contribution in [0.1, 0.15) is 11.1 Å². The molecule has 1 aromatic heterocycles. The van der Waals surface area contributed by atoms with E-state index in [4.69, 9.17) is 17.9 Å². The van der Waals surface area contributed by atoms with Crippen molar-refractivity contribution in [1.82, 2.24) is 0 Å². The molecule has 0 aliphatic carbocycles. The number of fused-ring (bicyclic) bond motifs is 3. The van der Waals surface area contributed by atoms with Crippen molar-refractivity contribution in [1.29, 1.82) is 0 Å². The molecule has 138 valence electrons. The lowest BCUT2D eigenvalue weighted by atomic mass is 10.1. The summed E-state index contributed by atoms with van der Waals surface area (Å²) in [6, 6.07) is 18.1. The second kappa shape index (κ2) is 7.05. The molecule has 0 aliphatic heterocycles. The minimum absolute atomic E-state index is 0.699. The van der Waals surface area contributed by atoms with Gasteiger partial charge in [0.15, 0.2) is 22.7 Å².